The van der Waals surface area contributed by atoms with Crippen molar-refractivity contribution >= 4 is 27.5 Å². The maximum absolute atomic E-state index is 11.4. The second-order valence-electron chi connectivity index (χ2n) is 3.49. The fourth-order valence-electron chi connectivity index (χ4n) is 1.70. The lowest BCUT2D eigenvalue weighted by atomic mass is 10.0. The highest BCUT2D eigenvalue weighted by Crippen LogP contribution is 2.31. The average molecular weight is 236 g/mol. The summed E-state index contributed by atoms with van der Waals surface area (Å²) in [6, 6.07) is 5.37. The number of allylic oxidation sites excluding steroid dienone is 1. The van der Waals surface area contributed by atoms with Gasteiger partial charge in [-0.1, -0.05) is 24.3 Å². The van der Waals surface area contributed by atoms with Crippen molar-refractivity contribution in [1.82, 2.24) is 0 Å². The molecule has 2 rings (SSSR count). The Kier molecular flexibility index (Phi) is 2.47. The molecule has 1 aliphatic heterocycles. The van der Waals surface area contributed by atoms with Crippen LogP contribution in [-0.4, -0.2) is 8.42 Å². The molecule has 1 heterocycles. The van der Waals surface area contributed by atoms with Gasteiger partial charge in [0.2, 0.25) is 0 Å². The van der Waals surface area contributed by atoms with Crippen molar-refractivity contribution in [2.45, 2.75) is 6.92 Å². The first kappa shape index (κ1) is 10.8. The van der Waals surface area contributed by atoms with Gasteiger partial charge in [0.15, 0.2) is 0 Å². The van der Waals surface area contributed by atoms with Crippen LogP contribution in [0, 0.1) is 0 Å². The Balaban J connectivity index is 2.70. The van der Waals surface area contributed by atoms with Crippen molar-refractivity contribution in [2.24, 2.45) is 5.73 Å². The fraction of sp³-hybridized carbons (Fsp3) is 0.0909. The quantitative estimate of drug-likeness (QED) is 0.780. The van der Waals surface area contributed by atoms with Gasteiger partial charge in [-0.15, -0.1) is 0 Å². The summed E-state index contributed by atoms with van der Waals surface area (Å²) in [6.45, 7) is 1.90. The summed E-state index contributed by atoms with van der Waals surface area (Å²) >= 11 is 0. The highest BCUT2D eigenvalue weighted by Gasteiger charge is 2.20. The summed E-state index contributed by atoms with van der Waals surface area (Å²) < 4.78 is 25.3. The Morgan fingerprint density at radius 1 is 1.38 bits per heavy atom. The van der Waals surface area contributed by atoms with Gasteiger partial charge in [0, 0.05) is 5.56 Å². The van der Waals surface area contributed by atoms with E-state index in [1.807, 2.05) is 25.1 Å². The minimum atomic E-state index is -3.44. The number of benzene rings is 1. The number of hydrogen-bond acceptors (Lipinski definition) is 3. The third kappa shape index (κ3) is 1.81. The van der Waals surface area contributed by atoms with Crippen LogP contribution in [0.5, 0.6) is 0 Å². The number of fused-ring (bicyclic) bond motifs is 1. The monoisotopic (exact) mass is 236 g/mol. The lowest BCUT2D eigenvalue weighted by Gasteiger charge is -2.18. The van der Waals surface area contributed by atoms with Gasteiger partial charge in [0.25, 0.3) is 10.0 Å². The topological polar surface area (TPSA) is 72.2 Å². The Hall–Kier alpha value is -1.75. The highest BCUT2D eigenvalue weighted by molar-refractivity contribution is 7.95. The van der Waals surface area contributed by atoms with E-state index in [0.717, 1.165) is 16.5 Å². The normalized spacial score (nSPS) is 17.7. The molecule has 0 unspecified atom stereocenters. The van der Waals surface area contributed by atoms with Gasteiger partial charge in [-0.3, -0.25) is 4.72 Å². The molecule has 0 bridgehead atoms. The Morgan fingerprint density at radius 2 is 2.12 bits per heavy atom. The molecule has 0 saturated carbocycles. The van der Waals surface area contributed by atoms with Crippen molar-refractivity contribution in [3.8, 4) is 0 Å². The molecule has 0 atom stereocenters. The molecule has 84 valence electrons. The summed E-state index contributed by atoms with van der Waals surface area (Å²) in [5.41, 5.74) is 8.18. The summed E-state index contributed by atoms with van der Waals surface area (Å²) in [5, 5.41) is 1.04. The fourth-order valence-corrected chi connectivity index (χ4v) is 2.69. The van der Waals surface area contributed by atoms with Gasteiger partial charge in [0.05, 0.1) is 16.8 Å². The first-order valence-corrected chi connectivity index (χ1v) is 6.34. The van der Waals surface area contributed by atoms with Crippen molar-refractivity contribution in [3.63, 3.8) is 0 Å². The second kappa shape index (κ2) is 3.68. The molecule has 0 spiro atoms. The second-order valence-corrected chi connectivity index (χ2v) is 5.02. The minimum absolute atomic E-state index is 0.266. The molecule has 0 aromatic heterocycles. The largest absolute Gasteiger partial charge is 0.398 e. The van der Waals surface area contributed by atoms with Crippen molar-refractivity contribution < 1.29 is 8.42 Å². The molecule has 0 aliphatic carbocycles. The third-order valence-corrected chi connectivity index (χ3v) is 3.33. The smallest absolute Gasteiger partial charge is 0.257 e. The van der Waals surface area contributed by atoms with Crippen LogP contribution in [0.3, 0.4) is 0 Å². The van der Waals surface area contributed by atoms with Crippen LogP contribution in [0.2, 0.25) is 0 Å². The van der Waals surface area contributed by atoms with Gasteiger partial charge in [-0.2, -0.15) is 0 Å². The summed E-state index contributed by atoms with van der Waals surface area (Å²) in [7, 11) is -3.44. The maximum Gasteiger partial charge on any atom is 0.257 e. The number of nitrogens with two attached hydrogens (primary N) is 1. The molecule has 0 radical (unpaired) electrons. The van der Waals surface area contributed by atoms with Crippen molar-refractivity contribution in [2.75, 3.05) is 4.72 Å². The Bertz CT molecular complexity index is 586. The molecule has 0 saturated heterocycles. The zero-order valence-corrected chi connectivity index (χ0v) is 9.58. The SMILES string of the molecule is CC=Cc1cccc2c1C(N)=CS(=O)(=O)N2. The van der Waals surface area contributed by atoms with Crippen LogP contribution >= 0.6 is 0 Å². The lowest BCUT2D eigenvalue weighted by molar-refractivity contribution is 0.609. The lowest BCUT2D eigenvalue weighted by Crippen LogP contribution is -2.19. The van der Waals surface area contributed by atoms with Crippen LogP contribution in [0.15, 0.2) is 29.7 Å². The number of rotatable bonds is 1. The first-order chi connectivity index (χ1) is 7.53. The highest BCUT2D eigenvalue weighted by atomic mass is 32.2. The molecule has 5 heteroatoms. The predicted octanol–water partition coefficient (Wildman–Crippen LogP) is 1.73. The van der Waals surface area contributed by atoms with E-state index in [9.17, 15) is 8.42 Å². The van der Waals surface area contributed by atoms with E-state index in [1.165, 1.54) is 0 Å². The number of anilines is 1. The van der Waals surface area contributed by atoms with E-state index in [4.69, 9.17) is 5.73 Å². The maximum atomic E-state index is 11.4. The Morgan fingerprint density at radius 3 is 2.81 bits per heavy atom. The molecular formula is C11H12N2O2S. The molecule has 1 aromatic rings. The van der Waals surface area contributed by atoms with Crippen molar-refractivity contribution in [1.29, 1.82) is 0 Å². The number of sulfonamides is 1. The molecule has 4 nitrogen and oxygen atoms in total. The molecule has 0 amide bonds. The molecule has 16 heavy (non-hydrogen) atoms. The van der Waals surface area contributed by atoms with Crippen LogP contribution in [0.4, 0.5) is 5.69 Å². The molecule has 0 fully saturated rings. The number of hydrogen-bond donors (Lipinski definition) is 2. The summed E-state index contributed by atoms with van der Waals surface area (Å²) in [4.78, 5) is 0. The zero-order chi connectivity index (χ0) is 11.8. The van der Waals surface area contributed by atoms with Crippen LogP contribution in [-0.2, 0) is 10.0 Å². The van der Waals surface area contributed by atoms with Gasteiger partial charge in [0.1, 0.15) is 0 Å². The summed E-state index contributed by atoms with van der Waals surface area (Å²) in [5.74, 6) is 0. The van der Waals surface area contributed by atoms with Gasteiger partial charge in [-0.05, 0) is 18.6 Å². The van der Waals surface area contributed by atoms with Gasteiger partial charge < -0.3 is 5.73 Å². The zero-order valence-electron chi connectivity index (χ0n) is 8.77. The van der Waals surface area contributed by atoms with E-state index in [1.54, 1.807) is 12.1 Å². The molecular weight excluding hydrogens is 224 g/mol. The molecule has 3 N–H and O–H groups in total. The predicted molar refractivity (Wildman–Crippen MR) is 65.9 cm³/mol. The number of nitrogens with one attached hydrogen (secondary N) is 1. The van der Waals surface area contributed by atoms with Crippen molar-refractivity contribution in [3.05, 3.63) is 40.8 Å². The van der Waals surface area contributed by atoms with E-state index < -0.39 is 10.0 Å². The molecule has 1 aliphatic rings. The molecule has 1 aromatic carbocycles. The van der Waals surface area contributed by atoms with Crippen LogP contribution in [0.25, 0.3) is 11.8 Å². The van der Waals surface area contributed by atoms with Gasteiger partial charge >= 0.3 is 0 Å². The minimum Gasteiger partial charge on any atom is -0.398 e. The van der Waals surface area contributed by atoms with Crippen LogP contribution in [0.1, 0.15) is 18.1 Å². The Labute approximate surface area is 94.5 Å². The van der Waals surface area contributed by atoms with Crippen LogP contribution < -0.4 is 10.5 Å². The van der Waals surface area contributed by atoms with E-state index in [0.29, 0.717) is 5.69 Å². The summed E-state index contributed by atoms with van der Waals surface area (Å²) in [6.07, 6.45) is 3.77. The van der Waals surface area contributed by atoms with E-state index in [-0.39, 0.29) is 5.70 Å². The standard InChI is InChI=1S/C11H12N2O2S/c1-2-4-8-5-3-6-10-11(8)9(12)7-16(14,15)13-10/h2-7,13H,12H2,1H3. The first-order valence-electron chi connectivity index (χ1n) is 4.79. The van der Waals surface area contributed by atoms with E-state index >= 15 is 0 Å². The average Bonchev–Trinajstić information content (AvgIpc) is 2.15. The third-order valence-electron chi connectivity index (χ3n) is 2.27. The van der Waals surface area contributed by atoms with E-state index in [2.05, 4.69) is 4.72 Å². The van der Waals surface area contributed by atoms with Gasteiger partial charge in [-0.25, -0.2) is 8.42 Å².